The molecule has 5 rings (SSSR count). The number of carbonyl (C=O) groups excluding carboxylic acids is 1. The summed E-state index contributed by atoms with van der Waals surface area (Å²) >= 11 is 0. The molecule has 2 heterocycles. The van der Waals surface area contributed by atoms with Crippen molar-refractivity contribution in [2.75, 3.05) is 5.32 Å². The molecular weight excluding hydrogens is 448 g/mol. The summed E-state index contributed by atoms with van der Waals surface area (Å²) in [4.78, 5) is 34.2. The van der Waals surface area contributed by atoms with Crippen LogP contribution in [0.25, 0.3) is 10.9 Å². The molecule has 0 radical (unpaired) electrons. The summed E-state index contributed by atoms with van der Waals surface area (Å²) in [6, 6.07) is 24.7. The molecule has 3 aromatic carbocycles. The molecule has 1 aliphatic heterocycles. The van der Waals surface area contributed by atoms with Gasteiger partial charge in [0.25, 0.3) is 5.56 Å². The van der Waals surface area contributed by atoms with Crippen LogP contribution in [0.5, 0.6) is 0 Å². The Labute approximate surface area is 211 Å². The van der Waals surface area contributed by atoms with E-state index in [1.54, 1.807) is 4.57 Å². The van der Waals surface area contributed by atoms with Crippen LogP contribution in [0.4, 0.5) is 10.5 Å². The lowest BCUT2D eigenvalue weighted by molar-refractivity contribution is 0.140. The molecule has 6 nitrogen and oxygen atoms in total. The summed E-state index contributed by atoms with van der Waals surface area (Å²) in [5.74, 6) is 0.657. The topological polar surface area (TPSA) is 67.2 Å². The highest BCUT2D eigenvalue weighted by atomic mass is 16.2. The maximum atomic E-state index is 14.0. The second-order valence-electron chi connectivity index (χ2n) is 9.43. The van der Waals surface area contributed by atoms with Gasteiger partial charge in [-0.3, -0.25) is 9.36 Å². The fourth-order valence-electron chi connectivity index (χ4n) is 5.28. The van der Waals surface area contributed by atoms with Crippen LogP contribution in [0.2, 0.25) is 0 Å². The second kappa shape index (κ2) is 10.4. The lowest BCUT2D eigenvalue weighted by atomic mass is 9.99. The van der Waals surface area contributed by atoms with E-state index >= 15 is 0 Å². The van der Waals surface area contributed by atoms with Crippen LogP contribution in [0.1, 0.15) is 62.1 Å². The van der Waals surface area contributed by atoms with E-state index in [0.717, 1.165) is 42.5 Å². The molecule has 0 bridgehead atoms. The monoisotopic (exact) mass is 480 g/mol. The van der Waals surface area contributed by atoms with E-state index in [-0.39, 0.29) is 23.7 Å². The van der Waals surface area contributed by atoms with Crippen LogP contribution < -0.4 is 10.9 Å². The number of amides is 2. The fraction of sp³-hybridized carbons (Fsp3) is 0.300. The Kier molecular flexibility index (Phi) is 6.85. The SMILES string of the molecule is CCCc1ccccc1NC(=O)N(C(C)c1ccccc1)C1CCCn2c1nc1ccccc1c2=O. The minimum Gasteiger partial charge on any atom is -0.308 e. The molecule has 1 N–H and O–H groups in total. The minimum atomic E-state index is -0.329. The van der Waals surface area contributed by atoms with E-state index in [0.29, 0.717) is 23.3 Å². The number of anilines is 1. The Morgan fingerprint density at radius 3 is 2.58 bits per heavy atom. The number of hydrogen-bond donors (Lipinski definition) is 1. The van der Waals surface area contributed by atoms with Crippen molar-refractivity contribution in [1.29, 1.82) is 0 Å². The fourth-order valence-corrected chi connectivity index (χ4v) is 5.28. The quantitative estimate of drug-likeness (QED) is 0.343. The molecule has 2 unspecified atom stereocenters. The smallest absolute Gasteiger partial charge is 0.308 e. The van der Waals surface area contributed by atoms with E-state index in [1.165, 1.54) is 0 Å². The van der Waals surface area contributed by atoms with Gasteiger partial charge >= 0.3 is 6.03 Å². The molecule has 0 spiro atoms. The Morgan fingerprint density at radius 1 is 1.06 bits per heavy atom. The van der Waals surface area contributed by atoms with Crippen molar-refractivity contribution in [3.63, 3.8) is 0 Å². The number of nitrogens with one attached hydrogen (secondary N) is 1. The number of para-hydroxylation sites is 2. The Bertz CT molecular complexity index is 1430. The third-order valence-electron chi connectivity index (χ3n) is 7.10. The van der Waals surface area contributed by atoms with Crippen molar-refractivity contribution in [2.24, 2.45) is 0 Å². The van der Waals surface area contributed by atoms with E-state index in [9.17, 15) is 9.59 Å². The molecule has 0 saturated heterocycles. The highest BCUT2D eigenvalue weighted by Gasteiger charge is 2.35. The molecule has 0 saturated carbocycles. The molecule has 0 aliphatic carbocycles. The Morgan fingerprint density at radius 2 is 1.78 bits per heavy atom. The maximum Gasteiger partial charge on any atom is 0.322 e. The number of benzene rings is 3. The summed E-state index contributed by atoms with van der Waals surface area (Å²) in [7, 11) is 0. The van der Waals surface area contributed by atoms with Crippen LogP contribution in [0.3, 0.4) is 0 Å². The van der Waals surface area contributed by atoms with Crippen LogP contribution in [0, 0.1) is 0 Å². The summed E-state index contributed by atoms with van der Waals surface area (Å²) in [5, 5.41) is 3.81. The predicted molar refractivity (Wildman–Crippen MR) is 144 cm³/mol. The van der Waals surface area contributed by atoms with Crippen molar-refractivity contribution in [3.05, 3.63) is 106 Å². The molecule has 1 aliphatic rings. The average Bonchev–Trinajstić information content (AvgIpc) is 2.91. The van der Waals surface area contributed by atoms with Crippen molar-refractivity contribution < 1.29 is 4.79 Å². The molecule has 6 heteroatoms. The van der Waals surface area contributed by atoms with Crippen molar-refractivity contribution in [3.8, 4) is 0 Å². The van der Waals surface area contributed by atoms with Crippen molar-refractivity contribution >= 4 is 22.6 Å². The van der Waals surface area contributed by atoms with E-state index in [4.69, 9.17) is 4.98 Å². The molecule has 1 aromatic heterocycles. The lowest BCUT2D eigenvalue weighted by Crippen LogP contribution is -2.44. The highest BCUT2D eigenvalue weighted by molar-refractivity contribution is 5.91. The summed E-state index contributed by atoms with van der Waals surface area (Å²) < 4.78 is 1.76. The van der Waals surface area contributed by atoms with Gasteiger partial charge in [0, 0.05) is 12.2 Å². The summed E-state index contributed by atoms with van der Waals surface area (Å²) in [6.07, 6.45) is 3.42. The predicted octanol–water partition coefficient (Wildman–Crippen LogP) is 6.48. The zero-order valence-electron chi connectivity index (χ0n) is 20.9. The first-order valence-corrected chi connectivity index (χ1v) is 12.8. The van der Waals surface area contributed by atoms with Crippen molar-refractivity contribution in [2.45, 2.75) is 58.2 Å². The first-order chi connectivity index (χ1) is 17.6. The molecule has 184 valence electrons. The average molecular weight is 481 g/mol. The minimum absolute atomic E-state index is 0.0405. The van der Waals surface area contributed by atoms with Gasteiger partial charge in [-0.15, -0.1) is 0 Å². The number of aromatic nitrogens is 2. The molecule has 2 amide bonds. The molecule has 2 atom stereocenters. The van der Waals surface area contributed by atoms with Gasteiger partial charge in [-0.2, -0.15) is 0 Å². The maximum absolute atomic E-state index is 14.0. The summed E-state index contributed by atoms with van der Waals surface area (Å²) in [6.45, 7) is 4.79. The van der Waals surface area contributed by atoms with Gasteiger partial charge in [-0.25, -0.2) is 9.78 Å². The number of aryl methyl sites for hydroxylation is 1. The third kappa shape index (κ3) is 4.51. The number of hydrogen-bond acceptors (Lipinski definition) is 3. The van der Waals surface area contributed by atoms with Crippen LogP contribution in [-0.2, 0) is 13.0 Å². The lowest BCUT2D eigenvalue weighted by Gasteiger charge is -2.39. The highest BCUT2D eigenvalue weighted by Crippen LogP contribution is 2.36. The van der Waals surface area contributed by atoms with Gasteiger partial charge in [-0.05, 0) is 55.5 Å². The number of fused-ring (bicyclic) bond motifs is 2. The van der Waals surface area contributed by atoms with Crippen LogP contribution in [-0.4, -0.2) is 20.5 Å². The zero-order chi connectivity index (χ0) is 25.1. The Balaban J connectivity index is 1.60. The van der Waals surface area contributed by atoms with E-state index in [1.807, 2.05) is 84.6 Å². The first kappa shape index (κ1) is 23.8. The van der Waals surface area contributed by atoms with Crippen molar-refractivity contribution in [1.82, 2.24) is 14.5 Å². The number of carbonyl (C=O) groups is 1. The number of rotatable bonds is 6. The van der Waals surface area contributed by atoms with Gasteiger partial charge in [0.1, 0.15) is 5.82 Å². The normalized spacial score (nSPS) is 15.8. The van der Waals surface area contributed by atoms with Crippen LogP contribution in [0.15, 0.2) is 83.7 Å². The van der Waals surface area contributed by atoms with Crippen LogP contribution >= 0.6 is 0 Å². The van der Waals surface area contributed by atoms with Gasteiger partial charge in [-0.1, -0.05) is 74.0 Å². The van der Waals surface area contributed by atoms with E-state index in [2.05, 4.69) is 18.3 Å². The number of urea groups is 1. The third-order valence-corrected chi connectivity index (χ3v) is 7.10. The first-order valence-electron chi connectivity index (χ1n) is 12.8. The molecule has 36 heavy (non-hydrogen) atoms. The molecule has 0 fully saturated rings. The zero-order valence-corrected chi connectivity index (χ0v) is 20.9. The number of nitrogens with zero attached hydrogens (tertiary/aromatic N) is 3. The van der Waals surface area contributed by atoms with Gasteiger partial charge in [0.15, 0.2) is 0 Å². The largest absolute Gasteiger partial charge is 0.322 e. The van der Waals surface area contributed by atoms with Gasteiger partial charge in [0.05, 0.1) is 23.0 Å². The standard InChI is InChI=1S/C30H32N4O2/c1-3-12-23-15-7-9-17-25(23)32-30(36)34(21(2)22-13-5-4-6-14-22)27-19-11-20-33-28(27)31-26-18-10-8-16-24(26)29(33)35/h4-10,13-18,21,27H,3,11-12,19-20H2,1-2H3,(H,32,36). The molecule has 4 aromatic rings. The second-order valence-corrected chi connectivity index (χ2v) is 9.43. The van der Waals surface area contributed by atoms with Gasteiger partial charge < -0.3 is 10.2 Å². The van der Waals surface area contributed by atoms with E-state index < -0.39 is 0 Å². The van der Waals surface area contributed by atoms with Gasteiger partial charge in [0.2, 0.25) is 0 Å². The summed E-state index contributed by atoms with van der Waals surface area (Å²) in [5.41, 5.74) is 3.61. The molecular formula is C30H32N4O2. The Hall–Kier alpha value is -3.93.